The molecule has 0 aliphatic carbocycles. The molecular formula is C11H17NO6S. The van der Waals surface area contributed by atoms with Crippen LogP contribution in [0.25, 0.3) is 0 Å². The second kappa shape index (κ2) is 8.59. The third kappa shape index (κ3) is 14.5. The number of rotatable bonds is 4. The van der Waals surface area contributed by atoms with Crippen molar-refractivity contribution in [1.82, 2.24) is 0 Å². The maximum Gasteiger partial charge on any atom is 0.394 e. The fraction of sp³-hybridized carbons (Fsp3) is 0.364. The Hall–Kier alpha value is -1.48. The van der Waals surface area contributed by atoms with Gasteiger partial charge in [0.25, 0.3) is 0 Å². The molecule has 1 aromatic rings. The van der Waals surface area contributed by atoms with Crippen molar-refractivity contribution < 1.29 is 27.1 Å². The molecule has 19 heavy (non-hydrogen) atoms. The second-order valence-electron chi connectivity index (χ2n) is 3.78. The summed E-state index contributed by atoms with van der Waals surface area (Å²) >= 11 is 0. The van der Waals surface area contributed by atoms with Gasteiger partial charge < -0.3 is 10.5 Å². The smallest absolute Gasteiger partial charge is 0.394 e. The van der Waals surface area contributed by atoms with Crippen LogP contribution >= 0.6 is 0 Å². The zero-order valence-electron chi connectivity index (χ0n) is 10.4. The first-order chi connectivity index (χ1) is 8.68. The van der Waals surface area contributed by atoms with Gasteiger partial charge in [-0.3, -0.25) is 13.9 Å². The van der Waals surface area contributed by atoms with E-state index in [9.17, 15) is 4.79 Å². The number of hydrogen-bond acceptors (Lipinski definition) is 5. The number of esters is 1. The highest BCUT2D eigenvalue weighted by molar-refractivity contribution is 7.79. The quantitative estimate of drug-likeness (QED) is 0.553. The molecule has 108 valence electrons. The van der Waals surface area contributed by atoms with Gasteiger partial charge in [-0.2, -0.15) is 8.42 Å². The summed E-state index contributed by atoms with van der Waals surface area (Å²) in [6, 6.07) is 9.44. The average Bonchev–Trinajstić information content (AvgIpc) is 2.24. The van der Waals surface area contributed by atoms with E-state index in [1.54, 1.807) is 6.92 Å². The van der Waals surface area contributed by atoms with Crippen LogP contribution in [0, 0.1) is 0 Å². The average molecular weight is 291 g/mol. The number of ether oxygens (including phenoxy) is 1. The normalized spacial score (nSPS) is 12.0. The fourth-order valence-corrected chi connectivity index (χ4v) is 1.06. The van der Waals surface area contributed by atoms with E-state index in [-0.39, 0.29) is 18.4 Å². The van der Waals surface area contributed by atoms with Gasteiger partial charge in [-0.15, -0.1) is 0 Å². The third-order valence-corrected chi connectivity index (χ3v) is 1.73. The van der Waals surface area contributed by atoms with Crippen molar-refractivity contribution in [1.29, 1.82) is 0 Å². The van der Waals surface area contributed by atoms with Crippen LogP contribution in [0.15, 0.2) is 30.3 Å². The van der Waals surface area contributed by atoms with E-state index in [4.69, 9.17) is 28.0 Å². The van der Waals surface area contributed by atoms with E-state index >= 15 is 0 Å². The van der Waals surface area contributed by atoms with Crippen molar-refractivity contribution in [3.63, 3.8) is 0 Å². The molecule has 0 radical (unpaired) electrons. The Morgan fingerprint density at radius 3 is 2.21 bits per heavy atom. The van der Waals surface area contributed by atoms with Crippen molar-refractivity contribution in [3.8, 4) is 0 Å². The van der Waals surface area contributed by atoms with Crippen molar-refractivity contribution in [2.24, 2.45) is 5.73 Å². The maximum absolute atomic E-state index is 11.1. The van der Waals surface area contributed by atoms with Gasteiger partial charge in [0.2, 0.25) is 0 Å². The molecule has 0 fully saturated rings. The van der Waals surface area contributed by atoms with Crippen LogP contribution in [-0.4, -0.2) is 29.5 Å². The fourth-order valence-electron chi connectivity index (χ4n) is 1.06. The summed E-state index contributed by atoms with van der Waals surface area (Å²) in [7, 11) is -4.67. The molecule has 0 unspecified atom stereocenters. The number of benzene rings is 1. The molecule has 0 aliphatic heterocycles. The molecule has 0 spiro atoms. The summed E-state index contributed by atoms with van der Waals surface area (Å²) in [5, 5.41) is 0. The van der Waals surface area contributed by atoms with Gasteiger partial charge in [0.15, 0.2) is 0 Å². The molecule has 0 heterocycles. The van der Waals surface area contributed by atoms with E-state index in [0.29, 0.717) is 6.61 Å². The molecule has 0 saturated heterocycles. The number of hydrogen-bond donors (Lipinski definition) is 3. The van der Waals surface area contributed by atoms with Gasteiger partial charge in [0, 0.05) is 6.04 Å². The van der Waals surface area contributed by atoms with Crippen molar-refractivity contribution in [3.05, 3.63) is 35.9 Å². The molecule has 1 aromatic carbocycles. The van der Waals surface area contributed by atoms with E-state index in [1.165, 1.54) is 0 Å². The summed E-state index contributed by atoms with van der Waals surface area (Å²) < 4.78 is 36.6. The molecule has 0 aliphatic rings. The van der Waals surface area contributed by atoms with Crippen molar-refractivity contribution >= 4 is 16.4 Å². The van der Waals surface area contributed by atoms with Crippen molar-refractivity contribution in [2.75, 3.05) is 0 Å². The molecule has 0 amide bonds. The molecule has 1 atom stereocenters. The number of nitrogens with two attached hydrogens (primary N) is 1. The van der Waals surface area contributed by atoms with Crippen LogP contribution in [0.4, 0.5) is 0 Å². The number of carbonyl (C=O) groups excluding carboxylic acids is 1. The summed E-state index contributed by atoms with van der Waals surface area (Å²) in [5.41, 5.74) is 6.45. The van der Waals surface area contributed by atoms with Crippen LogP contribution in [0.5, 0.6) is 0 Å². The summed E-state index contributed by atoms with van der Waals surface area (Å²) in [6.07, 6.45) is 0.271. The second-order valence-corrected chi connectivity index (χ2v) is 4.67. The monoisotopic (exact) mass is 291 g/mol. The molecule has 7 nitrogen and oxygen atoms in total. The predicted octanol–water partition coefficient (Wildman–Crippen LogP) is 0.814. The first-order valence-corrected chi connectivity index (χ1v) is 6.73. The Bertz CT molecular complexity index is 463. The lowest BCUT2D eigenvalue weighted by molar-refractivity contribution is -0.145. The molecule has 0 saturated carbocycles. The molecule has 0 bridgehead atoms. The van der Waals surface area contributed by atoms with Crippen LogP contribution < -0.4 is 5.73 Å². The minimum atomic E-state index is -4.67. The van der Waals surface area contributed by atoms with E-state index in [1.807, 2.05) is 30.3 Å². The maximum atomic E-state index is 11.1. The van der Waals surface area contributed by atoms with Gasteiger partial charge in [-0.05, 0) is 12.5 Å². The van der Waals surface area contributed by atoms with Crippen molar-refractivity contribution in [2.45, 2.75) is 26.0 Å². The van der Waals surface area contributed by atoms with E-state index < -0.39 is 10.4 Å². The molecular weight excluding hydrogens is 274 g/mol. The van der Waals surface area contributed by atoms with Gasteiger partial charge in [0.05, 0.1) is 6.42 Å². The Morgan fingerprint density at radius 1 is 1.32 bits per heavy atom. The topological polar surface area (TPSA) is 127 Å². The lowest BCUT2D eigenvalue weighted by Gasteiger charge is -2.06. The Balaban J connectivity index is 0.000000555. The Labute approximate surface area is 112 Å². The van der Waals surface area contributed by atoms with Gasteiger partial charge in [0.1, 0.15) is 6.61 Å². The van der Waals surface area contributed by atoms with Gasteiger partial charge in [-0.25, -0.2) is 0 Å². The minimum Gasteiger partial charge on any atom is -0.461 e. The molecule has 8 heteroatoms. The van der Waals surface area contributed by atoms with E-state index in [0.717, 1.165) is 5.56 Å². The summed E-state index contributed by atoms with van der Waals surface area (Å²) in [5.74, 6) is -0.246. The zero-order chi connectivity index (χ0) is 14.9. The van der Waals surface area contributed by atoms with Crippen LogP contribution in [0.2, 0.25) is 0 Å². The molecule has 4 N–H and O–H groups in total. The first kappa shape index (κ1) is 17.5. The highest BCUT2D eigenvalue weighted by Crippen LogP contribution is 2.02. The lowest BCUT2D eigenvalue weighted by atomic mass is 10.2. The zero-order valence-corrected chi connectivity index (χ0v) is 11.2. The van der Waals surface area contributed by atoms with Crippen LogP contribution in [-0.2, 0) is 26.5 Å². The van der Waals surface area contributed by atoms with E-state index in [2.05, 4.69) is 0 Å². The lowest BCUT2D eigenvalue weighted by Crippen LogP contribution is -2.20. The van der Waals surface area contributed by atoms with Crippen LogP contribution in [0.3, 0.4) is 0 Å². The van der Waals surface area contributed by atoms with Crippen LogP contribution in [0.1, 0.15) is 18.9 Å². The van der Waals surface area contributed by atoms with Gasteiger partial charge >= 0.3 is 16.4 Å². The largest absolute Gasteiger partial charge is 0.461 e. The Kier molecular flexibility index (Phi) is 7.92. The number of carbonyl (C=O) groups is 1. The first-order valence-electron chi connectivity index (χ1n) is 5.33. The highest BCUT2D eigenvalue weighted by Gasteiger charge is 2.05. The standard InChI is InChI=1S/C11H15NO2.H2O4S/c1-9(12)7-11(13)14-8-10-5-3-2-4-6-10;1-5(2,3)4/h2-6,9H,7-8,12H2,1H3;(H2,1,2,3,4)/t9-;/m1./s1. The molecule has 1 rings (SSSR count). The third-order valence-electron chi connectivity index (χ3n) is 1.73. The Morgan fingerprint density at radius 2 is 1.79 bits per heavy atom. The SMILES string of the molecule is C[C@@H](N)CC(=O)OCc1ccccc1.O=S(=O)(O)O. The van der Waals surface area contributed by atoms with Gasteiger partial charge in [-0.1, -0.05) is 30.3 Å². The summed E-state index contributed by atoms with van der Waals surface area (Å²) in [4.78, 5) is 11.1. The highest BCUT2D eigenvalue weighted by atomic mass is 32.3. The minimum absolute atomic E-state index is 0.140. The molecule has 0 aromatic heterocycles. The predicted molar refractivity (Wildman–Crippen MR) is 68.7 cm³/mol. The summed E-state index contributed by atoms with van der Waals surface area (Å²) in [6.45, 7) is 2.11.